The summed E-state index contributed by atoms with van der Waals surface area (Å²) in [5.74, 6) is 0.247. The molecule has 0 radical (unpaired) electrons. The molecule has 0 aliphatic rings. The van der Waals surface area contributed by atoms with Gasteiger partial charge in [0.15, 0.2) is 9.84 Å². The Morgan fingerprint density at radius 2 is 2.00 bits per heavy atom. The standard InChI is InChI=1S/C13H12N2O3S3/c1-9-14-11(6-20-9)8-21(16,17)7-10-5-18-13(15-10)12-3-2-4-19-12/h2-6H,7-8H2,1H3. The van der Waals surface area contributed by atoms with E-state index in [0.717, 1.165) is 9.88 Å². The van der Waals surface area contributed by atoms with E-state index in [9.17, 15) is 8.42 Å². The second-order valence-electron chi connectivity index (χ2n) is 4.51. The number of thiazole rings is 1. The second-order valence-corrected chi connectivity index (χ2v) is 8.59. The van der Waals surface area contributed by atoms with E-state index in [4.69, 9.17) is 4.42 Å². The summed E-state index contributed by atoms with van der Waals surface area (Å²) in [6.45, 7) is 1.85. The van der Waals surface area contributed by atoms with E-state index in [-0.39, 0.29) is 11.5 Å². The Morgan fingerprint density at radius 3 is 2.67 bits per heavy atom. The fraction of sp³-hybridized carbons (Fsp3) is 0.231. The Bertz CT molecular complexity index is 832. The van der Waals surface area contributed by atoms with Crippen LogP contribution in [-0.4, -0.2) is 18.4 Å². The van der Waals surface area contributed by atoms with Crippen molar-refractivity contribution in [2.75, 3.05) is 0 Å². The molecule has 0 atom stereocenters. The van der Waals surface area contributed by atoms with Crippen molar-refractivity contribution >= 4 is 32.5 Å². The molecule has 0 N–H and O–H groups in total. The first-order valence-electron chi connectivity index (χ1n) is 6.11. The summed E-state index contributed by atoms with van der Waals surface area (Å²) in [5, 5.41) is 4.55. The molecule has 110 valence electrons. The molecule has 3 rings (SSSR count). The lowest BCUT2D eigenvalue weighted by molar-refractivity contribution is 0.573. The van der Waals surface area contributed by atoms with Crippen LogP contribution in [0.3, 0.4) is 0 Å². The number of aryl methyl sites for hydroxylation is 1. The normalized spacial score (nSPS) is 11.9. The Hall–Kier alpha value is -1.51. The van der Waals surface area contributed by atoms with Gasteiger partial charge in [-0.15, -0.1) is 22.7 Å². The van der Waals surface area contributed by atoms with Gasteiger partial charge < -0.3 is 4.42 Å². The molecule has 0 bridgehead atoms. The van der Waals surface area contributed by atoms with Crippen molar-refractivity contribution in [2.45, 2.75) is 18.4 Å². The van der Waals surface area contributed by atoms with Crippen molar-refractivity contribution in [3.8, 4) is 10.8 Å². The van der Waals surface area contributed by atoms with Crippen molar-refractivity contribution in [1.29, 1.82) is 0 Å². The number of rotatable bonds is 5. The van der Waals surface area contributed by atoms with Crippen molar-refractivity contribution in [3.05, 3.63) is 45.6 Å². The van der Waals surface area contributed by atoms with E-state index in [1.165, 1.54) is 28.9 Å². The van der Waals surface area contributed by atoms with Gasteiger partial charge in [0.25, 0.3) is 0 Å². The lowest BCUT2D eigenvalue weighted by Gasteiger charge is -1.98. The van der Waals surface area contributed by atoms with Crippen molar-refractivity contribution in [3.63, 3.8) is 0 Å². The molecule has 0 aromatic carbocycles. The third-order valence-electron chi connectivity index (χ3n) is 2.69. The number of aromatic nitrogens is 2. The van der Waals surface area contributed by atoms with Gasteiger partial charge in [0.2, 0.25) is 5.89 Å². The fourth-order valence-electron chi connectivity index (χ4n) is 1.86. The number of thiophene rings is 1. The molecule has 0 aliphatic heterocycles. The van der Waals surface area contributed by atoms with Crippen molar-refractivity contribution < 1.29 is 12.8 Å². The second kappa shape index (κ2) is 5.70. The minimum absolute atomic E-state index is 0.0709. The largest absolute Gasteiger partial charge is 0.444 e. The van der Waals surface area contributed by atoms with Crippen LogP contribution in [0.1, 0.15) is 16.4 Å². The van der Waals surface area contributed by atoms with Gasteiger partial charge in [0, 0.05) is 5.38 Å². The topological polar surface area (TPSA) is 73.1 Å². The van der Waals surface area contributed by atoms with E-state index in [1.807, 2.05) is 24.4 Å². The van der Waals surface area contributed by atoms with Crippen LogP contribution in [0.4, 0.5) is 0 Å². The fourth-order valence-corrected chi connectivity index (χ4v) is 4.52. The van der Waals surface area contributed by atoms with Crippen molar-refractivity contribution in [2.24, 2.45) is 0 Å². The highest BCUT2D eigenvalue weighted by Gasteiger charge is 2.18. The highest BCUT2D eigenvalue weighted by Crippen LogP contribution is 2.24. The van der Waals surface area contributed by atoms with E-state index in [2.05, 4.69) is 9.97 Å². The first kappa shape index (κ1) is 14.4. The highest BCUT2D eigenvalue weighted by molar-refractivity contribution is 7.89. The summed E-state index contributed by atoms with van der Waals surface area (Å²) in [5.41, 5.74) is 1.00. The average Bonchev–Trinajstić information content (AvgIpc) is 3.09. The zero-order chi connectivity index (χ0) is 14.9. The van der Waals surface area contributed by atoms with Gasteiger partial charge in [0.05, 0.1) is 32.8 Å². The Labute approximate surface area is 130 Å². The molecule has 0 amide bonds. The molecule has 0 saturated heterocycles. The molecule has 8 heteroatoms. The minimum atomic E-state index is -3.30. The SMILES string of the molecule is Cc1nc(CS(=O)(=O)Cc2coc(-c3cccs3)n2)cs1. The average molecular weight is 340 g/mol. The molecular weight excluding hydrogens is 328 g/mol. The molecule has 0 spiro atoms. The first-order valence-corrected chi connectivity index (χ1v) is 9.70. The molecule has 5 nitrogen and oxygen atoms in total. The number of sulfone groups is 1. The van der Waals surface area contributed by atoms with Gasteiger partial charge in [-0.1, -0.05) is 6.07 Å². The maximum absolute atomic E-state index is 12.2. The van der Waals surface area contributed by atoms with Gasteiger partial charge in [0.1, 0.15) is 6.26 Å². The first-order chi connectivity index (χ1) is 10.0. The summed E-state index contributed by atoms with van der Waals surface area (Å²) in [6, 6.07) is 3.78. The molecule has 21 heavy (non-hydrogen) atoms. The van der Waals surface area contributed by atoms with E-state index in [0.29, 0.717) is 17.3 Å². The number of nitrogens with zero attached hydrogens (tertiary/aromatic N) is 2. The summed E-state index contributed by atoms with van der Waals surface area (Å²) in [4.78, 5) is 9.30. The van der Waals surface area contributed by atoms with Gasteiger partial charge in [-0.25, -0.2) is 18.4 Å². The number of oxazole rings is 1. The van der Waals surface area contributed by atoms with Gasteiger partial charge >= 0.3 is 0 Å². The van der Waals surface area contributed by atoms with Crippen LogP contribution in [0.15, 0.2) is 33.6 Å². The predicted octanol–water partition coefficient (Wildman–Crippen LogP) is 3.28. The third kappa shape index (κ3) is 3.58. The van der Waals surface area contributed by atoms with Crippen LogP contribution < -0.4 is 0 Å². The number of hydrogen-bond donors (Lipinski definition) is 0. The van der Waals surface area contributed by atoms with Gasteiger partial charge in [-0.05, 0) is 18.4 Å². The summed E-state index contributed by atoms with van der Waals surface area (Å²) in [6.07, 6.45) is 1.40. The summed E-state index contributed by atoms with van der Waals surface area (Å²) >= 11 is 2.94. The van der Waals surface area contributed by atoms with E-state index in [1.54, 1.807) is 5.38 Å². The van der Waals surface area contributed by atoms with Crippen LogP contribution in [0.5, 0.6) is 0 Å². The van der Waals surface area contributed by atoms with Gasteiger partial charge in [-0.3, -0.25) is 0 Å². The highest BCUT2D eigenvalue weighted by atomic mass is 32.2. The van der Waals surface area contributed by atoms with Crippen LogP contribution in [0.2, 0.25) is 0 Å². The van der Waals surface area contributed by atoms with E-state index < -0.39 is 9.84 Å². The lowest BCUT2D eigenvalue weighted by Crippen LogP contribution is -2.08. The molecule has 3 aromatic heterocycles. The Morgan fingerprint density at radius 1 is 1.19 bits per heavy atom. The monoisotopic (exact) mass is 340 g/mol. The molecule has 3 heterocycles. The molecule has 0 saturated carbocycles. The van der Waals surface area contributed by atoms with Crippen LogP contribution >= 0.6 is 22.7 Å². The summed E-state index contributed by atoms with van der Waals surface area (Å²) in [7, 11) is -3.30. The molecule has 0 fully saturated rings. The number of hydrogen-bond acceptors (Lipinski definition) is 7. The maximum atomic E-state index is 12.2. The van der Waals surface area contributed by atoms with Crippen LogP contribution in [0, 0.1) is 6.92 Å². The molecule has 0 aliphatic carbocycles. The van der Waals surface area contributed by atoms with Gasteiger partial charge in [-0.2, -0.15) is 0 Å². The minimum Gasteiger partial charge on any atom is -0.444 e. The Balaban J connectivity index is 1.73. The van der Waals surface area contributed by atoms with Crippen molar-refractivity contribution in [1.82, 2.24) is 9.97 Å². The Kier molecular flexibility index (Phi) is 3.92. The zero-order valence-electron chi connectivity index (χ0n) is 11.1. The van der Waals surface area contributed by atoms with Crippen LogP contribution in [0.25, 0.3) is 10.8 Å². The molecule has 0 unspecified atom stereocenters. The predicted molar refractivity (Wildman–Crippen MR) is 83.0 cm³/mol. The summed E-state index contributed by atoms with van der Waals surface area (Å²) < 4.78 is 29.7. The van der Waals surface area contributed by atoms with E-state index >= 15 is 0 Å². The smallest absolute Gasteiger partial charge is 0.236 e. The molecular formula is C13H12N2O3S3. The third-order valence-corrected chi connectivity index (χ3v) is 5.84. The van der Waals surface area contributed by atoms with Crippen LogP contribution in [-0.2, 0) is 21.3 Å². The maximum Gasteiger partial charge on any atom is 0.236 e. The zero-order valence-corrected chi connectivity index (χ0v) is 13.6. The molecule has 3 aromatic rings. The lowest BCUT2D eigenvalue weighted by atomic mass is 10.5. The quantitative estimate of drug-likeness (QED) is 0.712.